The molecule has 2 aromatic rings. The fourth-order valence-corrected chi connectivity index (χ4v) is 2.94. The van der Waals surface area contributed by atoms with Crippen molar-refractivity contribution in [2.45, 2.75) is 39.3 Å². The van der Waals surface area contributed by atoms with Gasteiger partial charge in [-0.1, -0.05) is 5.16 Å². The van der Waals surface area contributed by atoms with Crippen molar-refractivity contribution in [1.29, 1.82) is 0 Å². The van der Waals surface area contributed by atoms with Gasteiger partial charge in [0.15, 0.2) is 5.82 Å². The normalized spacial score (nSPS) is 18.5. The van der Waals surface area contributed by atoms with Crippen molar-refractivity contribution in [3.8, 4) is 0 Å². The first-order chi connectivity index (χ1) is 11.0. The fraction of sp³-hybridized carbons (Fsp3) is 0.562. The number of carbonyl (C=O) groups excluding carboxylic acids is 1. The Kier molecular flexibility index (Phi) is 4.47. The van der Waals surface area contributed by atoms with Gasteiger partial charge < -0.3 is 13.8 Å². The van der Waals surface area contributed by atoms with E-state index in [1.54, 1.807) is 18.9 Å². The average Bonchev–Trinajstić information content (AvgIpc) is 3.21. The Bertz CT molecular complexity index is 678. The number of rotatable bonds is 5. The summed E-state index contributed by atoms with van der Waals surface area (Å²) < 4.78 is 10.6. The second-order valence-corrected chi connectivity index (χ2v) is 6.06. The highest BCUT2D eigenvalue weighted by atomic mass is 16.5. The third-order valence-electron chi connectivity index (χ3n) is 4.16. The Labute approximate surface area is 135 Å². The molecule has 3 rings (SSSR count). The Morgan fingerprint density at radius 2 is 2.26 bits per heavy atom. The Balaban J connectivity index is 1.60. The highest BCUT2D eigenvalue weighted by Gasteiger charge is 2.31. The minimum absolute atomic E-state index is 0.0613. The van der Waals surface area contributed by atoms with Crippen LogP contribution in [0.1, 0.15) is 42.1 Å². The van der Waals surface area contributed by atoms with Crippen molar-refractivity contribution in [1.82, 2.24) is 19.9 Å². The zero-order valence-electron chi connectivity index (χ0n) is 13.8. The largest absolute Gasteiger partial charge is 0.464 e. The molecule has 0 saturated carbocycles. The lowest BCUT2D eigenvalue weighted by atomic mass is 10.2. The van der Waals surface area contributed by atoms with Crippen LogP contribution in [0.2, 0.25) is 0 Å². The van der Waals surface area contributed by atoms with E-state index < -0.39 is 0 Å². The summed E-state index contributed by atoms with van der Waals surface area (Å²) in [7, 11) is 1.80. The molecule has 3 heterocycles. The van der Waals surface area contributed by atoms with Crippen molar-refractivity contribution >= 4 is 5.91 Å². The summed E-state index contributed by atoms with van der Waals surface area (Å²) in [6.45, 7) is 5.38. The molecule has 1 fully saturated rings. The van der Waals surface area contributed by atoms with Crippen LogP contribution < -0.4 is 0 Å². The van der Waals surface area contributed by atoms with Crippen molar-refractivity contribution in [2.24, 2.45) is 0 Å². The monoisotopic (exact) mass is 318 g/mol. The molecule has 124 valence electrons. The molecule has 0 bridgehead atoms. The van der Waals surface area contributed by atoms with Gasteiger partial charge in [0.1, 0.15) is 11.5 Å². The lowest BCUT2D eigenvalue weighted by molar-refractivity contribution is -0.132. The first-order valence-electron chi connectivity index (χ1n) is 7.86. The SMILES string of the molecule is Cc1ccc(CN(C)C(=O)CN2CCC[C@H]2c2noc(C)n2)o1. The maximum absolute atomic E-state index is 12.5. The van der Waals surface area contributed by atoms with E-state index in [9.17, 15) is 4.79 Å². The molecule has 7 nitrogen and oxygen atoms in total. The Hall–Kier alpha value is -2.15. The van der Waals surface area contributed by atoms with Crippen LogP contribution >= 0.6 is 0 Å². The van der Waals surface area contributed by atoms with Gasteiger partial charge in [-0.15, -0.1) is 0 Å². The molecule has 1 aliphatic rings. The maximum Gasteiger partial charge on any atom is 0.236 e. The van der Waals surface area contributed by atoms with Crippen LogP contribution in [0.25, 0.3) is 0 Å². The summed E-state index contributed by atoms with van der Waals surface area (Å²) in [6.07, 6.45) is 1.99. The third kappa shape index (κ3) is 3.61. The smallest absolute Gasteiger partial charge is 0.236 e. The van der Waals surface area contributed by atoms with E-state index in [0.29, 0.717) is 24.8 Å². The summed E-state index contributed by atoms with van der Waals surface area (Å²) >= 11 is 0. The minimum atomic E-state index is 0.0613. The predicted molar refractivity (Wildman–Crippen MR) is 82.5 cm³/mol. The van der Waals surface area contributed by atoms with Crippen molar-refractivity contribution in [2.75, 3.05) is 20.1 Å². The molecule has 0 radical (unpaired) electrons. The highest BCUT2D eigenvalue weighted by molar-refractivity contribution is 5.78. The number of likely N-dealkylation sites (tertiary alicyclic amines) is 1. The second-order valence-electron chi connectivity index (χ2n) is 6.06. The van der Waals surface area contributed by atoms with Crippen molar-refractivity contribution < 1.29 is 13.7 Å². The molecule has 2 aromatic heterocycles. The molecular weight excluding hydrogens is 296 g/mol. The minimum Gasteiger partial charge on any atom is -0.464 e. The van der Waals surface area contributed by atoms with Gasteiger partial charge in [-0.05, 0) is 38.4 Å². The number of aryl methyl sites for hydroxylation is 2. The highest BCUT2D eigenvalue weighted by Crippen LogP contribution is 2.29. The quantitative estimate of drug-likeness (QED) is 0.840. The summed E-state index contributed by atoms with van der Waals surface area (Å²) in [5.41, 5.74) is 0. The second kappa shape index (κ2) is 6.54. The van der Waals surface area contributed by atoms with Gasteiger partial charge in [0.2, 0.25) is 11.8 Å². The molecule has 1 saturated heterocycles. The van der Waals surface area contributed by atoms with Gasteiger partial charge in [0, 0.05) is 14.0 Å². The molecular formula is C16H22N4O3. The van der Waals surface area contributed by atoms with Crippen LogP contribution in [-0.2, 0) is 11.3 Å². The molecule has 0 unspecified atom stereocenters. The van der Waals surface area contributed by atoms with Gasteiger partial charge in [-0.25, -0.2) is 0 Å². The van der Waals surface area contributed by atoms with Crippen LogP contribution in [0.4, 0.5) is 0 Å². The molecule has 0 N–H and O–H groups in total. The van der Waals surface area contributed by atoms with Gasteiger partial charge in [-0.2, -0.15) is 4.98 Å². The zero-order chi connectivity index (χ0) is 16.4. The number of hydrogen-bond donors (Lipinski definition) is 0. The summed E-state index contributed by atoms with van der Waals surface area (Å²) in [6, 6.07) is 3.87. The van der Waals surface area contributed by atoms with Crippen molar-refractivity contribution in [3.63, 3.8) is 0 Å². The van der Waals surface area contributed by atoms with Crippen LogP contribution in [0.15, 0.2) is 21.1 Å². The molecule has 1 aliphatic heterocycles. The molecule has 1 atom stereocenters. The van der Waals surface area contributed by atoms with E-state index in [1.165, 1.54) is 0 Å². The lowest BCUT2D eigenvalue weighted by Gasteiger charge is -2.24. The number of nitrogens with zero attached hydrogens (tertiary/aromatic N) is 4. The van der Waals surface area contributed by atoms with Gasteiger partial charge >= 0.3 is 0 Å². The first kappa shape index (κ1) is 15.7. The number of likely N-dealkylation sites (N-methyl/N-ethyl adjacent to an activating group) is 1. The van der Waals surface area contributed by atoms with Crippen LogP contribution in [0.3, 0.4) is 0 Å². The first-order valence-corrected chi connectivity index (χ1v) is 7.86. The third-order valence-corrected chi connectivity index (χ3v) is 4.16. The standard InChI is InChI=1S/C16H22N4O3/c1-11-6-7-13(22-11)9-19(3)15(21)10-20-8-4-5-14(20)16-17-12(2)23-18-16/h6-7,14H,4-5,8-10H2,1-3H3/t14-/m0/s1. The number of hydrogen-bond acceptors (Lipinski definition) is 6. The lowest BCUT2D eigenvalue weighted by Crippen LogP contribution is -2.38. The van der Waals surface area contributed by atoms with E-state index in [2.05, 4.69) is 15.0 Å². The molecule has 0 spiro atoms. The molecule has 0 aromatic carbocycles. The summed E-state index contributed by atoms with van der Waals surface area (Å²) in [5.74, 6) is 2.95. The predicted octanol–water partition coefficient (Wildman–Crippen LogP) is 2.07. The Morgan fingerprint density at radius 1 is 1.43 bits per heavy atom. The van der Waals surface area contributed by atoms with Gasteiger partial charge in [-0.3, -0.25) is 9.69 Å². The molecule has 0 aliphatic carbocycles. The van der Waals surface area contributed by atoms with Gasteiger partial charge in [0.25, 0.3) is 0 Å². The number of aromatic nitrogens is 2. The fourth-order valence-electron chi connectivity index (χ4n) is 2.94. The van der Waals surface area contributed by atoms with Gasteiger partial charge in [0.05, 0.1) is 19.1 Å². The van der Waals surface area contributed by atoms with Crippen molar-refractivity contribution in [3.05, 3.63) is 35.4 Å². The number of furan rings is 1. The molecule has 7 heteroatoms. The Morgan fingerprint density at radius 3 is 2.91 bits per heavy atom. The zero-order valence-corrected chi connectivity index (χ0v) is 13.8. The van der Waals surface area contributed by atoms with E-state index in [1.807, 2.05) is 19.1 Å². The van der Waals surface area contributed by atoms with E-state index >= 15 is 0 Å². The number of carbonyl (C=O) groups is 1. The topological polar surface area (TPSA) is 75.6 Å². The van der Waals surface area contributed by atoms with Crippen LogP contribution in [-0.4, -0.2) is 46.0 Å². The van der Waals surface area contributed by atoms with Crippen LogP contribution in [0.5, 0.6) is 0 Å². The van der Waals surface area contributed by atoms with E-state index in [4.69, 9.17) is 8.94 Å². The molecule has 23 heavy (non-hydrogen) atoms. The molecule has 1 amide bonds. The summed E-state index contributed by atoms with van der Waals surface area (Å²) in [4.78, 5) is 20.6. The average molecular weight is 318 g/mol. The van der Waals surface area contributed by atoms with E-state index in [-0.39, 0.29) is 11.9 Å². The summed E-state index contributed by atoms with van der Waals surface area (Å²) in [5, 5.41) is 4.00. The van der Waals surface area contributed by atoms with Crippen LogP contribution in [0, 0.1) is 13.8 Å². The van der Waals surface area contributed by atoms with E-state index in [0.717, 1.165) is 30.9 Å². The maximum atomic E-state index is 12.5. The number of amides is 1.